The zero-order valence-corrected chi connectivity index (χ0v) is 18.4. The van der Waals surface area contributed by atoms with Crippen LogP contribution in [0.4, 0.5) is 5.69 Å². The van der Waals surface area contributed by atoms with Crippen LogP contribution in [0.5, 0.6) is 0 Å². The number of rotatable bonds is 8. The number of benzene rings is 2. The van der Waals surface area contributed by atoms with E-state index in [9.17, 15) is 18.0 Å². The van der Waals surface area contributed by atoms with Gasteiger partial charge in [0.1, 0.15) is 12.4 Å². The van der Waals surface area contributed by atoms with E-state index in [4.69, 9.17) is 0 Å². The number of hydrogen-bond donors (Lipinski definition) is 1. The van der Waals surface area contributed by atoms with Crippen LogP contribution in [0.15, 0.2) is 60.9 Å². The number of sulfonamides is 1. The van der Waals surface area contributed by atoms with E-state index < -0.39 is 15.9 Å². The molecule has 0 aliphatic carbocycles. The number of carbonyl (C=O) groups is 2. The first-order valence-corrected chi connectivity index (χ1v) is 11.4. The number of ketones is 1. The van der Waals surface area contributed by atoms with Gasteiger partial charge in [0.2, 0.25) is 15.9 Å². The molecule has 0 unspecified atom stereocenters. The van der Waals surface area contributed by atoms with E-state index in [1.807, 2.05) is 42.0 Å². The van der Waals surface area contributed by atoms with Crippen molar-refractivity contribution in [2.45, 2.75) is 20.4 Å². The quantitative estimate of drug-likeness (QED) is 0.542. The van der Waals surface area contributed by atoms with Gasteiger partial charge in [-0.3, -0.25) is 13.9 Å². The van der Waals surface area contributed by atoms with Crippen molar-refractivity contribution >= 4 is 27.4 Å². The second kappa shape index (κ2) is 9.13. The molecule has 0 spiro atoms. The van der Waals surface area contributed by atoms with E-state index >= 15 is 0 Å². The van der Waals surface area contributed by atoms with Gasteiger partial charge in [-0.25, -0.2) is 13.4 Å². The molecule has 0 aliphatic heterocycles. The molecule has 0 fully saturated rings. The fourth-order valence-electron chi connectivity index (χ4n) is 3.09. The van der Waals surface area contributed by atoms with Crippen LogP contribution in [-0.2, 0) is 21.4 Å². The number of amides is 1. The summed E-state index contributed by atoms with van der Waals surface area (Å²) in [6.45, 7) is 3.18. The number of Topliss-reactive ketones (excluding diaryl/α,β-unsaturated/α-hetero) is 1. The number of hydrogen-bond acceptors (Lipinski definition) is 5. The first kappa shape index (κ1) is 22.2. The van der Waals surface area contributed by atoms with Gasteiger partial charge in [0.05, 0.1) is 11.9 Å². The van der Waals surface area contributed by atoms with Crippen molar-refractivity contribution in [3.8, 4) is 5.69 Å². The van der Waals surface area contributed by atoms with Crippen LogP contribution in [0, 0.1) is 6.92 Å². The minimum Gasteiger partial charge on any atom is -0.350 e. The molecule has 0 aliphatic rings. The summed E-state index contributed by atoms with van der Waals surface area (Å²) in [6, 6.07) is 13.8. The Balaban J connectivity index is 1.67. The van der Waals surface area contributed by atoms with Crippen LogP contribution in [-0.4, -0.2) is 42.5 Å². The van der Waals surface area contributed by atoms with E-state index in [1.165, 1.54) is 13.0 Å². The Morgan fingerprint density at radius 1 is 1.13 bits per heavy atom. The van der Waals surface area contributed by atoms with E-state index in [1.54, 1.807) is 24.4 Å². The highest BCUT2D eigenvalue weighted by Gasteiger charge is 2.21. The van der Waals surface area contributed by atoms with Gasteiger partial charge in [-0.2, -0.15) is 0 Å². The van der Waals surface area contributed by atoms with Crippen molar-refractivity contribution in [3.05, 3.63) is 77.9 Å². The van der Waals surface area contributed by atoms with E-state index in [0.29, 0.717) is 5.56 Å². The number of nitrogens with one attached hydrogen (secondary N) is 1. The van der Waals surface area contributed by atoms with Crippen LogP contribution in [0.3, 0.4) is 0 Å². The lowest BCUT2D eigenvalue weighted by molar-refractivity contribution is -0.119. The van der Waals surface area contributed by atoms with Crippen LogP contribution >= 0.6 is 0 Å². The maximum atomic E-state index is 12.5. The minimum atomic E-state index is -3.72. The molecule has 0 saturated heterocycles. The summed E-state index contributed by atoms with van der Waals surface area (Å²) in [6.07, 6.45) is 4.62. The predicted octanol–water partition coefficient (Wildman–Crippen LogP) is 2.47. The summed E-state index contributed by atoms with van der Waals surface area (Å²) in [5.74, 6) is 0.234. The van der Waals surface area contributed by atoms with Crippen molar-refractivity contribution in [1.82, 2.24) is 14.9 Å². The summed E-state index contributed by atoms with van der Waals surface area (Å²) in [5.41, 5.74) is 2.48. The second-order valence-electron chi connectivity index (χ2n) is 7.16. The maximum Gasteiger partial charge on any atom is 0.241 e. The molecule has 162 valence electrons. The van der Waals surface area contributed by atoms with Crippen LogP contribution in [0.1, 0.15) is 28.7 Å². The summed E-state index contributed by atoms with van der Waals surface area (Å²) < 4.78 is 27.4. The fraction of sp³-hybridized carbons (Fsp3) is 0.227. The Kier molecular flexibility index (Phi) is 6.55. The molecule has 0 atom stereocenters. The largest absolute Gasteiger partial charge is 0.350 e. The SMILES string of the molecule is CC(=O)c1cccc(N(CC(=O)NCc2ccc(-n3ccnc3C)cc2)S(C)(=O)=O)c1. The average molecular weight is 441 g/mol. The molecule has 2 aromatic carbocycles. The Hall–Kier alpha value is -3.46. The zero-order valence-electron chi connectivity index (χ0n) is 17.6. The normalized spacial score (nSPS) is 11.2. The molecule has 1 aromatic heterocycles. The molecule has 8 nitrogen and oxygen atoms in total. The van der Waals surface area contributed by atoms with Gasteiger partial charge in [0.25, 0.3) is 0 Å². The van der Waals surface area contributed by atoms with Crippen LogP contribution in [0.2, 0.25) is 0 Å². The van der Waals surface area contributed by atoms with Crippen molar-refractivity contribution in [1.29, 1.82) is 0 Å². The highest BCUT2D eigenvalue weighted by atomic mass is 32.2. The van der Waals surface area contributed by atoms with Gasteiger partial charge in [0, 0.05) is 30.2 Å². The van der Waals surface area contributed by atoms with Crippen molar-refractivity contribution < 1.29 is 18.0 Å². The molecule has 31 heavy (non-hydrogen) atoms. The summed E-state index contributed by atoms with van der Waals surface area (Å²) in [7, 11) is -3.72. The molecule has 9 heteroatoms. The molecule has 1 heterocycles. The highest BCUT2D eigenvalue weighted by molar-refractivity contribution is 7.92. The second-order valence-corrected chi connectivity index (χ2v) is 9.07. The topological polar surface area (TPSA) is 101 Å². The van der Waals surface area contributed by atoms with Crippen molar-refractivity contribution in [2.75, 3.05) is 17.1 Å². The molecule has 0 saturated carbocycles. The third-order valence-corrected chi connectivity index (χ3v) is 5.90. The molecular formula is C22H24N4O4S. The van der Waals surface area contributed by atoms with Gasteiger partial charge < -0.3 is 9.88 Å². The number of imidazole rings is 1. The van der Waals surface area contributed by atoms with E-state index in [0.717, 1.165) is 27.6 Å². The lowest BCUT2D eigenvalue weighted by Gasteiger charge is -2.22. The Labute approximate surface area is 181 Å². The monoisotopic (exact) mass is 440 g/mol. The molecular weight excluding hydrogens is 416 g/mol. The molecule has 1 amide bonds. The summed E-state index contributed by atoms with van der Waals surface area (Å²) in [5, 5.41) is 2.74. The molecule has 3 aromatic rings. The lowest BCUT2D eigenvalue weighted by atomic mass is 10.1. The zero-order chi connectivity index (χ0) is 22.6. The van der Waals surface area contributed by atoms with Gasteiger partial charge in [-0.15, -0.1) is 0 Å². The van der Waals surface area contributed by atoms with Gasteiger partial charge in [0.15, 0.2) is 5.78 Å². The summed E-state index contributed by atoms with van der Waals surface area (Å²) >= 11 is 0. The Morgan fingerprint density at radius 2 is 1.84 bits per heavy atom. The maximum absolute atomic E-state index is 12.5. The molecule has 0 bridgehead atoms. The number of aryl methyl sites for hydroxylation is 1. The smallest absolute Gasteiger partial charge is 0.241 e. The minimum absolute atomic E-state index is 0.186. The Bertz CT molecular complexity index is 1200. The van der Waals surface area contributed by atoms with Crippen LogP contribution in [0.25, 0.3) is 5.69 Å². The van der Waals surface area contributed by atoms with Crippen molar-refractivity contribution in [3.63, 3.8) is 0 Å². The predicted molar refractivity (Wildman–Crippen MR) is 119 cm³/mol. The third kappa shape index (κ3) is 5.58. The molecule has 0 radical (unpaired) electrons. The number of aromatic nitrogens is 2. The molecule has 1 N–H and O–H groups in total. The van der Waals surface area contributed by atoms with Gasteiger partial charge >= 0.3 is 0 Å². The first-order valence-electron chi connectivity index (χ1n) is 9.60. The average Bonchev–Trinajstić information content (AvgIpc) is 3.16. The van der Waals surface area contributed by atoms with E-state index in [2.05, 4.69) is 10.3 Å². The lowest BCUT2D eigenvalue weighted by Crippen LogP contribution is -2.40. The number of carbonyl (C=O) groups excluding carboxylic acids is 2. The summed E-state index contributed by atoms with van der Waals surface area (Å²) in [4.78, 5) is 28.3. The first-order chi connectivity index (χ1) is 14.6. The van der Waals surface area contributed by atoms with Gasteiger partial charge in [-0.05, 0) is 43.7 Å². The third-order valence-electron chi connectivity index (χ3n) is 4.76. The van der Waals surface area contributed by atoms with E-state index in [-0.39, 0.29) is 24.6 Å². The number of anilines is 1. The van der Waals surface area contributed by atoms with Crippen LogP contribution < -0.4 is 9.62 Å². The Morgan fingerprint density at radius 3 is 2.42 bits per heavy atom. The standard InChI is InChI=1S/C22H24N4O4S/c1-16(27)19-5-4-6-21(13-19)26(31(3,29)30)15-22(28)24-14-18-7-9-20(10-8-18)25-12-11-23-17(25)2/h4-13H,14-15H2,1-3H3,(H,24,28). The number of nitrogens with zero attached hydrogens (tertiary/aromatic N) is 3. The van der Waals surface area contributed by atoms with Gasteiger partial charge in [-0.1, -0.05) is 24.3 Å². The highest BCUT2D eigenvalue weighted by Crippen LogP contribution is 2.19. The molecule has 3 rings (SSSR count). The van der Waals surface area contributed by atoms with Crippen molar-refractivity contribution in [2.24, 2.45) is 0 Å². The fourth-order valence-corrected chi connectivity index (χ4v) is 3.94.